The summed E-state index contributed by atoms with van der Waals surface area (Å²) in [5, 5.41) is 1.31. The number of Topliss-reactive ketones (excluding diaryl/α,β-unsaturated/α-hetero) is 1. The smallest absolute Gasteiger partial charge is 0.130 e. The van der Waals surface area contributed by atoms with E-state index >= 15 is 0 Å². The first-order valence-corrected chi connectivity index (χ1v) is 6.94. The molecule has 0 amide bonds. The van der Waals surface area contributed by atoms with Gasteiger partial charge in [-0.2, -0.15) is 0 Å². The lowest BCUT2D eigenvalue weighted by atomic mass is 10.1. The number of hydrogen-bond acceptors (Lipinski definition) is 3. The Balaban J connectivity index is 2.05. The van der Waals surface area contributed by atoms with Crippen LogP contribution >= 0.6 is 11.3 Å². The standard InChI is InChI=1S/C13H19NOS/c1-9(15)7-8-12-10(2)14-13(16-12)11-5-3-4-6-11/h11H,3-8H2,1-2H3. The van der Waals surface area contributed by atoms with Crippen LogP contribution in [-0.2, 0) is 11.2 Å². The first-order valence-electron chi connectivity index (χ1n) is 6.12. The topological polar surface area (TPSA) is 30.0 Å². The molecule has 1 heterocycles. The van der Waals surface area contributed by atoms with E-state index in [0.717, 1.165) is 12.1 Å². The highest BCUT2D eigenvalue weighted by atomic mass is 32.1. The van der Waals surface area contributed by atoms with E-state index in [9.17, 15) is 4.79 Å². The Labute approximate surface area is 101 Å². The van der Waals surface area contributed by atoms with Gasteiger partial charge in [-0.25, -0.2) is 4.98 Å². The minimum Gasteiger partial charge on any atom is -0.300 e. The van der Waals surface area contributed by atoms with Crippen molar-refractivity contribution in [1.29, 1.82) is 0 Å². The molecular formula is C13H19NOS. The van der Waals surface area contributed by atoms with Crippen LogP contribution in [0.4, 0.5) is 0 Å². The van der Waals surface area contributed by atoms with Crippen molar-refractivity contribution in [3.8, 4) is 0 Å². The van der Waals surface area contributed by atoms with Crippen LogP contribution < -0.4 is 0 Å². The lowest BCUT2D eigenvalue weighted by molar-refractivity contribution is -0.116. The Kier molecular flexibility index (Phi) is 3.74. The van der Waals surface area contributed by atoms with Crippen LogP contribution in [0.2, 0.25) is 0 Å². The zero-order chi connectivity index (χ0) is 11.5. The molecule has 0 atom stereocenters. The molecule has 0 saturated heterocycles. The molecule has 1 aromatic rings. The minimum absolute atomic E-state index is 0.273. The summed E-state index contributed by atoms with van der Waals surface area (Å²) in [6.07, 6.45) is 6.86. The fourth-order valence-corrected chi connectivity index (χ4v) is 3.55. The molecule has 0 unspecified atom stereocenters. The van der Waals surface area contributed by atoms with Gasteiger partial charge in [0.25, 0.3) is 0 Å². The molecule has 16 heavy (non-hydrogen) atoms. The van der Waals surface area contributed by atoms with Crippen LogP contribution in [0.3, 0.4) is 0 Å². The first-order chi connectivity index (χ1) is 7.66. The third-order valence-corrected chi connectivity index (χ3v) is 4.70. The summed E-state index contributed by atoms with van der Waals surface area (Å²) in [6, 6.07) is 0. The van der Waals surface area contributed by atoms with Crippen LogP contribution in [-0.4, -0.2) is 10.8 Å². The van der Waals surface area contributed by atoms with E-state index in [4.69, 9.17) is 0 Å². The van der Waals surface area contributed by atoms with Crippen LogP contribution in [0.1, 0.15) is 60.5 Å². The highest BCUT2D eigenvalue weighted by Gasteiger charge is 2.21. The summed E-state index contributed by atoms with van der Waals surface area (Å²) in [5.74, 6) is 0.977. The van der Waals surface area contributed by atoms with Crippen LogP contribution in [0.25, 0.3) is 0 Å². The van der Waals surface area contributed by atoms with Gasteiger partial charge >= 0.3 is 0 Å². The first kappa shape index (κ1) is 11.8. The van der Waals surface area contributed by atoms with Crippen LogP contribution in [0, 0.1) is 6.92 Å². The highest BCUT2D eigenvalue weighted by Crippen LogP contribution is 2.37. The van der Waals surface area contributed by atoms with Gasteiger partial charge in [-0.3, -0.25) is 0 Å². The average molecular weight is 237 g/mol. The van der Waals surface area contributed by atoms with Crippen molar-refractivity contribution in [2.75, 3.05) is 0 Å². The van der Waals surface area contributed by atoms with Gasteiger partial charge in [-0.05, 0) is 33.1 Å². The summed E-state index contributed by atoms with van der Waals surface area (Å²) < 4.78 is 0. The molecule has 0 N–H and O–H groups in total. The van der Waals surface area contributed by atoms with E-state index in [-0.39, 0.29) is 5.78 Å². The second-order valence-corrected chi connectivity index (χ2v) is 5.86. The second-order valence-electron chi connectivity index (χ2n) is 4.74. The molecule has 0 bridgehead atoms. The number of nitrogens with zero attached hydrogens (tertiary/aromatic N) is 1. The number of hydrogen-bond donors (Lipinski definition) is 0. The van der Waals surface area contributed by atoms with Crippen molar-refractivity contribution in [3.05, 3.63) is 15.6 Å². The second kappa shape index (κ2) is 5.09. The largest absolute Gasteiger partial charge is 0.300 e. The molecule has 2 rings (SSSR count). The normalized spacial score (nSPS) is 16.9. The number of thiazole rings is 1. The molecule has 0 radical (unpaired) electrons. The number of carbonyl (C=O) groups excluding carboxylic acids is 1. The van der Waals surface area contributed by atoms with Crippen molar-refractivity contribution < 1.29 is 4.79 Å². The quantitative estimate of drug-likeness (QED) is 0.800. The van der Waals surface area contributed by atoms with Crippen molar-refractivity contribution >= 4 is 17.1 Å². The summed E-state index contributed by atoms with van der Waals surface area (Å²) in [7, 11) is 0. The van der Waals surface area contributed by atoms with Gasteiger partial charge in [0.2, 0.25) is 0 Å². The van der Waals surface area contributed by atoms with E-state index in [0.29, 0.717) is 12.3 Å². The Hall–Kier alpha value is -0.700. The van der Waals surface area contributed by atoms with Gasteiger partial charge in [-0.15, -0.1) is 11.3 Å². The van der Waals surface area contributed by atoms with E-state index in [2.05, 4.69) is 11.9 Å². The molecule has 3 heteroatoms. The molecule has 1 aliphatic carbocycles. The molecule has 1 fully saturated rings. The zero-order valence-corrected chi connectivity index (χ0v) is 10.9. The fraction of sp³-hybridized carbons (Fsp3) is 0.692. The molecular weight excluding hydrogens is 218 g/mol. The predicted molar refractivity (Wildman–Crippen MR) is 67.1 cm³/mol. The molecule has 1 aliphatic rings. The fourth-order valence-electron chi connectivity index (χ4n) is 2.32. The summed E-state index contributed by atoms with van der Waals surface area (Å²) in [5.41, 5.74) is 1.15. The summed E-state index contributed by atoms with van der Waals surface area (Å²) in [4.78, 5) is 17.0. The summed E-state index contributed by atoms with van der Waals surface area (Å²) in [6.45, 7) is 3.73. The third kappa shape index (κ3) is 2.70. The zero-order valence-electron chi connectivity index (χ0n) is 10.1. The van der Waals surface area contributed by atoms with Gasteiger partial charge in [0.1, 0.15) is 5.78 Å². The molecule has 88 valence electrons. The number of aryl methyl sites for hydroxylation is 2. The summed E-state index contributed by atoms with van der Waals surface area (Å²) >= 11 is 1.84. The Morgan fingerprint density at radius 2 is 2.12 bits per heavy atom. The highest BCUT2D eigenvalue weighted by molar-refractivity contribution is 7.11. The maximum absolute atomic E-state index is 11.0. The molecule has 2 nitrogen and oxygen atoms in total. The minimum atomic E-state index is 0.273. The van der Waals surface area contributed by atoms with Crippen molar-refractivity contribution in [1.82, 2.24) is 4.98 Å². The lowest BCUT2D eigenvalue weighted by Crippen LogP contribution is -1.93. The average Bonchev–Trinajstić information content (AvgIpc) is 2.83. The maximum Gasteiger partial charge on any atom is 0.130 e. The number of ketones is 1. The van der Waals surface area contributed by atoms with Gasteiger partial charge in [0, 0.05) is 17.2 Å². The van der Waals surface area contributed by atoms with Crippen molar-refractivity contribution in [2.24, 2.45) is 0 Å². The molecule has 1 saturated carbocycles. The van der Waals surface area contributed by atoms with E-state index in [1.165, 1.54) is 35.6 Å². The molecule has 0 spiro atoms. The third-order valence-electron chi connectivity index (χ3n) is 3.32. The van der Waals surface area contributed by atoms with Crippen molar-refractivity contribution in [2.45, 2.75) is 58.3 Å². The van der Waals surface area contributed by atoms with E-state index in [1.807, 2.05) is 11.3 Å². The maximum atomic E-state index is 11.0. The molecule has 0 aliphatic heterocycles. The van der Waals surface area contributed by atoms with Crippen LogP contribution in [0.15, 0.2) is 0 Å². The monoisotopic (exact) mass is 237 g/mol. The number of rotatable bonds is 4. The SMILES string of the molecule is CC(=O)CCc1sc(C2CCCC2)nc1C. The predicted octanol–water partition coefficient (Wildman–Crippen LogP) is 3.63. The molecule has 0 aromatic carbocycles. The molecule has 1 aromatic heterocycles. The Bertz CT molecular complexity index is 377. The van der Waals surface area contributed by atoms with Crippen LogP contribution in [0.5, 0.6) is 0 Å². The van der Waals surface area contributed by atoms with E-state index in [1.54, 1.807) is 6.92 Å². The van der Waals surface area contributed by atoms with Gasteiger partial charge in [-0.1, -0.05) is 12.8 Å². The number of carbonyl (C=O) groups is 1. The van der Waals surface area contributed by atoms with Gasteiger partial charge < -0.3 is 4.79 Å². The van der Waals surface area contributed by atoms with Crippen molar-refractivity contribution in [3.63, 3.8) is 0 Å². The van der Waals surface area contributed by atoms with Gasteiger partial charge in [0.05, 0.1) is 10.7 Å². The Morgan fingerprint density at radius 1 is 1.44 bits per heavy atom. The number of aromatic nitrogens is 1. The van der Waals surface area contributed by atoms with E-state index < -0.39 is 0 Å². The Morgan fingerprint density at radius 3 is 2.75 bits per heavy atom. The van der Waals surface area contributed by atoms with Gasteiger partial charge in [0.15, 0.2) is 0 Å². The lowest BCUT2D eigenvalue weighted by Gasteiger charge is -2.02.